The average molecular weight is 207 g/mol. The van der Waals surface area contributed by atoms with Gasteiger partial charge in [-0.2, -0.15) is 0 Å². The highest BCUT2D eigenvalue weighted by atomic mass is 16.5. The van der Waals surface area contributed by atoms with Gasteiger partial charge < -0.3 is 25.2 Å². The molecule has 0 aromatic carbocycles. The van der Waals surface area contributed by atoms with Gasteiger partial charge in [-0.1, -0.05) is 0 Å². The molecule has 1 atom stereocenters. The maximum Gasteiger partial charge on any atom is 0.134 e. The molecule has 1 rings (SSSR count). The molecule has 0 aromatic rings. The van der Waals surface area contributed by atoms with E-state index >= 15 is 0 Å². The quantitative estimate of drug-likeness (QED) is 0.393. The zero-order valence-electron chi connectivity index (χ0n) is 7.96. The van der Waals surface area contributed by atoms with Crippen molar-refractivity contribution >= 4 is 0 Å². The molecule has 1 heterocycles. The van der Waals surface area contributed by atoms with Gasteiger partial charge in [0.05, 0.1) is 38.6 Å². The molecule has 1 unspecified atom stereocenters. The molecule has 0 saturated carbocycles. The van der Waals surface area contributed by atoms with E-state index in [1.807, 2.05) is 0 Å². The van der Waals surface area contributed by atoms with Gasteiger partial charge in [-0.25, -0.2) is 0 Å². The second-order valence-corrected chi connectivity index (χ2v) is 3.41. The topological polar surface area (TPSA) is 93.4 Å². The second kappa shape index (κ2) is 5.01. The van der Waals surface area contributed by atoms with E-state index in [9.17, 15) is 10.2 Å². The van der Waals surface area contributed by atoms with Crippen molar-refractivity contribution in [3.8, 4) is 0 Å². The summed E-state index contributed by atoms with van der Waals surface area (Å²) in [5, 5.41) is 36.2. The molecule has 0 radical (unpaired) electrons. The van der Waals surface area contributed by atoms with Crippen LogP contribution in [-0.4, -0.2) is 76.7 Å². The predicted octanol–water partition coefficient (Wildman–Crippen LogP) is -2.65. The Hall–Kier alpha value is -0.240. The van der Waals surface area contributed by atoms with Gasteiger partial charge in [0, 0.05) is 6.54 Å². The molecule has 6 nitrogen and oxygen atoms in total. The van der Waals surface area contributed by atoms with Crippen LogP contribution in [0.4, 0.5) is 0 Å². The molecule has 0 spiro atoms. The number of ether oxygens (including phenoxy) is 1. The zero-order valence-corrected chi connectivity index (χ0v) is 7.96. The van der Waals surface area contributed by atoms with Crippen molar-refractivity contribution in [3.05, 3.63) is 0 Å². The fraction of sp³-hybridized carbons (Fsp3) is 1.00. The van der Waals surface area contributed by atoms with Gasteiger partial charge in [0.25, 0.3) is 0 Å². The highest BCUT2D eigenvalue weighted by molar-refractivity contribution is 4.95. The molecular weight excluding hydrogens is 190 g/mol. The van der Waals surface area contributed by atoms with E-state index < -0.39 is 11.8 Å². The van der Waals surface area contributed by atoms with E-state index in [-0.39, 0.29) is 39.6 Å². The largest absolute Gasteiger partial charge is 0.395 e. The van der Waals surface area contributed by atoms with Gasteiger partial charge in [0.1, 0.15) is 6.23 Å². The van der Waals surface area contributed by atoms with Crippen LogP contribution in [0, 0.1) is 0 Å². The van der Waals surface area contributed by atoms with Crippen LogP contribution in [0.2, 0.25) is 0 Å². The average Bonchev–Trinajstić information content (AvgIpc) is 2.58. The Labute approximate surface area is 82.3 Å². The van der Waals surface area contributed by atoms with Gasteiger partial charge in [-0.15, -0.1) is 0 Å². The first-order chi connectivity index (χ1) is 6.74. The normalized spacial score (nSPS) is 27.0. The number of rotatable bonds is 5. The third-order valence-electron chi connectivity index (χ3n) is 2.59. The van der Waals surface area contributed by atoms with Crippen LogP contribution in [0.3, 0.4) is 0 Å². The second-order valence-electron chi connectivity index (χ2n) is 3.41. The van der Waals surface area contributed by atoms with Crippen molar-refractivity contribution < 1.29 is 25.2 Å². The predicted molar refractivity (Wildman–Crippen MR) is 47.5 cm³/mol. The minimum absolute atomic E-state index is 0.110. The lowest BCUT2D eigenvalue weighted by Crippen LogP contribution is -2.55. The molecular formula is C8H17NO5. The van der Waals surface area contributed by atoms with Crippen molar-refractivity contribution in [3.63, 3.8) is 0 Å². The Bertz CT molecular complexity index is 173. The number of aliphatic hydroxyl groups excluding tert-OH is 4. The smallest absolute Gasteiger partial charge is 0.134 e. The molecule has 1 fully saturated rings. The molecule has 14 heavy (non-hydrogen) atoms. The monoisotopic (exact) mass is 207 g/mol. The fourth-order valence-corrected chi connectivity index (χ4v) is 1.69. The highest BCUT2D eigenvalue weighted by Crippen LogP contribution is 2.26. The zero-order chi connectivity index (χ0) is 10.6. The molecule has 4 N–H and O–H groups in total. The Morgan fingerprint density at radius 2 is 1.86 bits per heavy atom. The van der Waals surface area contributed by atoms with Crippen LogP contribution in [0.5, 0.6) is 0 Å². The van der Waals surface area contributed by atoms with E-state index in [2.05, 4.69) is 0 Å². The van der Waals surface area contributed by atoms with Crippen LogP contribution < -0.4 is 0 Å². The third kappa shape index (κ3) is 1.90. The van der Waals surface area contributed by atoms with Crippen LogP contribution in [0.15, 0.2) is 0 Å². The van der Waals surface area contributed by atoms with Crippen molar-refractivity contribution in [1.82, 2.24) is 4.90 Å². The number of nitrogens with zero attached hydrogens (tertiary/aromatic N) is 1. The standard InChI is InChI=1S/C8H17NO5/c10-2-1-9-7(3-11)14-6-8(9,4-12)5-13/h7,10-13H,1-6H2. The van der Waals surface area contributed by atoms with Gasteiger partial charge in [-0.3, -0.25) is 4.90 Å². The fourth-order valence-electron chi connectivity index (χ4n) is 1.69. The minimum atomic E-state index is -0.879. The number of aliphatic hydroxyl groups is 4. The lowest BCUT2D eigenvalue weighted by molar-refractivity contribution is -0.0429. The molecule has 0 aromatic heterocycles. The summed E-state index contributed by atoms with van der Waals surface area (Å²) in [6.07, 6.45) is -0.554. The van der Waals surface area contributed by atoms with Crippen molar-refractivity contribution in [1.29, 1.82) is 0 Å². The summed E-state index contributed by atoms with van der Waals surface area (Å²) >= 11 is 0. The van der Waals surface area contributed by atoms with Crippen molar-refractivity contribution in [2.24, 2.45) is 0 Å². The molecule has 0 bridgehead atoms. The first kappa shape index (κ1) is 11.8. The molecule has 0 amide bonds. The van der Waals surface area contributed by atoms with Crippen LogP contribution in [0.1, 0.15) is 0 Å². The van der Waals surface area contributed by atoms with E-state index in [0.717, 1.165) is 0 Å². The maximum atomic E-state index is 9.18. The first-order valence-corrected chi connectivity index (χ1v) is 4.56. The van der Waals surface area contributed by atoms with E-state index in [1.165, 1.54) is 0 Å². The summed E-state index contributed by atoms with van der Waals surface area (Å²) < 4.78 is 5.21. The summed E-state index contributed by atoms with van der Waals surface area (Å²) in [5.41, 5.74) is -0.879. The number of hydrogen-bond acceptors (Lipinski definition) is 6. The summed E-state index contributed by atoms with van der Waals surface area (Å²) in [7, 11) is 0. The minimum Gasteiger partial charge on any atom is -0.395 e. The van der Waals surface area contributed by atoms with Gasteiger partial charge in [-0.05, 0) is 0 Å². The number of hydrogen-bond donors (Lipinski definition) is 4. The lowest BCUT2D eigenvalue weighted by atomic mass is 10.0. The van der Waals surface area contributed by atoms with E-state index in [1.54, 1.807) is 4.90 Å². The Morgan fingerprint density at radius 1 is 1.21 bits per heavy atom. The van der Waals surface area contributed by atoms with Crippen molar-refractivity contribution in [2.75, 3.05) is 39.6 Å². The van der Waals surface area contributed by atoms with E-state index in [4.69, 9.17) is 14.9 Å². The lowest BCUT2D eigenvalue weighted by Gasteiger charge is -2.35. The Balaban J connectivity index is 2.74. The maximum absolute atomic E-state index is 9.18. The van der Waals surface area contributed by atoms with Gasteiger partial charge in [0.2, 0.25) is 0 Å². The molecule has 1 aliphatic heterocycles. The van der Waals surface area contributed by atoms with Crippen molar-refractivity contribution in [2.45, 2.75) is 11.8 Å². The van der Waals surface area contributed by atoms with Crippen LogP contribution in [-0.2, 0) is 4.74 Å². The molecule has 1 aliphatic rings. The summed E-state index contributed by atoms with van der Waals surface area (Å²) in [5.74, 6) is 0. The molecule has 1 saturated heterocycles. The summed E-state index contributed by atoms with van der Waals surface area (Å²) in [6.45, 7) is -0.444. The van der Waals surface area contributed by atoms with Crippen LogP contribution in [0.25, 0.3) is 0 Å². The third-order valence-corrected chi connectivity index (χ3v) is 2.59. The van der Waals surface area contributed by atoms with Gasteiger partial charge >= 0.3 is 0 Å². The molecule has 84 valence electrons. The number of β-amino-alcohol motifs (C(OH)–C–C–N with tert-alkyl or cyclic N) is 1. The first-order valence-electron chi connectivity index (χ1n) is 4.56. The van der Waals surface area contributed by atoms with Crippen LogP contribution >= 0.6 is 0 Å². The molecule has 0 aliphatic carbocycles. The highest BCUT2D eigenvalue weighted by Gasteiger charge is 2.46. The molecule has 6 heteroatoms. The summed E-state index contributed by atoms with van der Waals surface area (Å²) in [6, 6.07) is 0. The summed E-state index contributed by atoms with van der Waals surface area (Å²) in [4.78, 5) is 1.59. The SMILES string of the molecule is OCCN1C(CO)OCC1(CO)CO. The Morgan fingerprint density at radius 3 is 2.29 bits per heavy atom. The van der Waals surface area contributed by atoms with E-state index in [0.29, 0.717) is 0 Å². The van der Waals surface area contributed by atoms with Gasteiger partial charge in [0.15, 0.2) is 0 Å². The Kier molecular flexibility index (Phi) is 4.24.